The van der Waals surface area contributed by atoms with Crippen molar-refractivity contribution < 1.29 is 28.6 Å². The monoisotopic (exact) mass is 907 g/mol. The zero-order chi connectivity index (χ0) is 47.2. The number of hydrogen-bond acceptors (Lipinski definition) is 6. The van der Waals surface area contributed by atoms with Crippen molar-refractivity contribution in [3.05, 3.63) is 72.9 Å². The van der Waals surface area contributed by atoms with Crippen molar-refractivity contribution in [2.24, 2.45) is 0 Å². The van der Waals surface area contributed by atoms with Crippen molar-refractivity contribution >= 4 is 17.9 Å². The number of unbranched alkanes of at least 4 members (excludes halogenated alkanes) is 26. The van der Waals surface area contributed by atoms with Crippen LogP contribution in [-0.2, 0) is 28.6 Å². The molecule has 0 saturated heterocycles. The highest BCUT2D eigenvalue weighted by molar-refractivity contribution is 5.71. The lowest BCUT2D eigenvalue weighted by atomic mass is 10.1. The van der Waals surface area contributed by atoms with Crippen molar-refractivity contribution in [3.8, 4) is 0 Å². The Morgan fingerprint density at radius 2 is 0.600 bits per heavy atom. The summed E-state index contributed by atoms with van der Waals surface area (Å²) in [7, 11) is 0. The summed E-state index contributed by atoms with van der Waals surface area (Å²) in [5.41, 5.74) is 0. The van der Waals surface area contributed by atoms with Crippen LogP contribution >= 0.6 is 0 Å². The van der Waals surface area contributed by atoms with Gasteiger partial charge in [-0.15, -0.1) is 0 Å². The molecule has 0 heterocycles. The largest absolute Gasteiger partial charge is 0.462 e. The van der Waals surface area contributed by atoms with E-state index in [4.69, 9.17) is 14.2 Å². The number of ether oxygens (including phenoxy) is 3. The minimum Gasteiger partial charge on any atom is -0.462 e. The fourth-order valence-electron chi connectivity index (χ4n) is 7.65. The predicted octanol–water partition coefficient (Wildman–Crippen LogP) is 18.2. The highest BCUT2D eigenvalue weighted by Crippen LogP contribution is 2.15. The summed E-state index contributed by atoms with van der Waals surface area (Å²) < 4.78 is 16.8. The van der Waals surface area contributed by atoms with Crippen LogP contribution in [0.3, 0.4) is 0 Å². The van der Waals surface area contributed by atoms with Gasteiger partial charge in [0.05, 0.1) is 0 Å². The Morgan fingerprint density at radius 1 is 0.323 bits per heavy atom. The maximum absolute atomic E-state index is 12.8. The van der Waals surface area contributed by atoms with Crippen molar-refractivity contribution in [2.75, 3.05) is 13.2 Å². The van der Waals surface area contributed by atoms with Gasteiger partial charge in [-0.3, -0.25) is 14.4 Å². The molecule has 6 nitrogen and oxygen atoms in total. The van der Waals surface area contributed by atoms with Crippen LogP contribution in [0.15, 0.2) is 72.9 Å². The number of allylic oxidation sites excluding steroid dienone is 12. The van der Waals surface area contributed by atoms with E-state index in [9.17, 15) is 14.4 Å². The van der Waals surface area contributed by atoms with Crippen molar-refractivity contribution in [3.63, 3.8) is 0 Å². The summed E-state index contributed by atoms with van der Waals surface area (Å²) in [6, 6.07) is 0. The van der Waals surface area contributed by atoms with Crippen molar-refractivity contribution in [1.29, 1.82) is 0 Å². The predicted molar refractivity (Wildman–Crippen MR) is 279 cm³/mol. The Balaban J connectivity index is 4.30. The Morgan fingerprint density at radius 3 is 0.938 bits per heavy atom. The van der Waals surface area contributed by atoms with Gasteiger partial charge in [0.25, 0.3) is 0 Å². The van der Waals surface area contributed by atoms with Crippen LogP contribution < -0.4 is 0 Å². The highest BCUT2D eigenvalue weighted by atomic mass is 16.6. The van der Waals surface area contributed by atoms with Gasteiger partial charge in [-0.1, -0.05) is 235 Å². The zero-order valence-electron chi connectivity index (χ0n) is 42.7. The zero-order valence-corrected chi connectivity index (χ0v) is 42.7. The summed E-state index contributed by atoms with van der Waals surface area (Å²) in [5, 5.41) is 0. The molecule has 6 heteroatoms. The summed E-state index contributed by atoms with van der Waals surface area (Å²) in [6.45, 7) is 6.41. The Labute approximate surface area is 402 Å². The van der Waals surface area contributed by atoms with Gasteiger partial charge >= 0.3 is 17.9 Å². The highest BCUT2D eigenvalue weighted by Gasteiger charge is 2.19. The van der Waals surface area contributed by atoms with Crippen molar-refractivity contribution in [2.45, 2.75) is 271 Å². The van der Waals surface area contributed by atoms with Crippen LogP contribution in [0.25, 0.3) is 0 Å². The second-order valence-electron chi connectivity index (χ2n) is 18.1. The third-order valence-corrected chi connectivity index (χ3v) is 11.7. The average Bonchev–Trinajstić information content (AvgIpc) is 3.30. The molecule has 0 aromatic carbocycles. The van der Waals surface area contributed by atoms with Crippen molar-refractivity contribution in [1.82, 2.24) is 0 Å². The molecule has 65 heavy (non-hydrogen) atoms. The van der Waals surface area contributed by atoms with Crippen LogP contribution in [0, 0.1) is 0 Å². The first kappa shape index (κ1) is 61.9. The number of esters is 3. The van der Waals surface area contributed by atoms with E-state index >= 15 is 0 Å². The molecular formula is C59H102O6. The van der Waals surface area contributed by atoms with Crippen LogP contribution in [0.1, 0.15) is 265 Å². The molecule has 0 aliphatic rings. The van der Waals surface area contributed by atoms with Gasteiger partial charge < -0.3 is 14.2 Å². The molecule has 1 unspecified atom stereocenters. The van der Waals surface area contributed by atoms with Crippen LogP contribution in [0.5, 0.6) is 0 Å². The van der Waals surface area contributed by atoms with Gasteiger partial charge in [-0.2, -0.15) is 0 Å². The van der Waals surface area contributed by atoms with E-state index in [0.29, 0.717) is 19.3 Å². The molecule has 0 saturated carbocycles. The van der Waals surface area contributed by atoms with Crippen LogP contribution in [0.2, 0.25) is 0 Å². The van der Waals surface area contributed by atoms with E-state index in [1.807, 2.05) is 0 Å². The van der Waals surface area contributed by atoms with E-state index in [1.165, 1.54) is 128 Å². The molecule has 0 bridgehead atoms. The van der Waals surface area contributed by atoms with Gasteiger partial charge in [-0.05, 0) is 83.5 Å². The average molecular weight is 907 g/mol. The molecule has 0 rings (SSSR count). The molecule has 0 aromatic heterocycles. The van der Waals surface area contributed by atoms with E-state index < -0.39 is 6.10 Å². The first-order valence-electron chi connectivity index (χ1n) is 27.4. The Kier molecular flexibility index (Phi) is 50.9. The van der Waals surface area contributed by atoms with Crippen LogP contribution in [0.4, 0.5) is 0 Å². The normalized spacial score (nSPS) is 12.6. The number of hydrogen-bond donors (Lipinski definition) is 0. The number of carbonyl (C=O) groups is 3. The molecule has 0 radical (unpaired) electrons. The lowest BCUT2D eigenvalue weighted by Gasteiger charge is -2.18. The molecule has 0 aromatic rings. The Hall–Kier alpha value is -3.15. The van der Waals surface area contributed by atoms with E-state index in [1.54, 1.807) is 0 Å². The van der Waals surface area contributed by atoms with Gasteiger partial charge in [0.1, 0.15) is 13.2 Å². The summed E-state index contributed by atoms with van der Waals surface area (Å²) in [5.74, 6) is -0.885. The fourth-order valence-corrected chi connectivity index (χ4v) is 7.65. The van der Waals surface area contributed by atoms with Gasteiger partial charge in [-0.25, -0.2) is 0 Å². The maximum atomic E-state index is 12.8. The van der Waals surface area contributed by atoms with Gasteiger partial charge in [0.2, 0.25) is 0 Å². The molecule has 0 aliphatic heterocycles. The standard InChI is InChI=1S/C59H102O6/c1-4-7-10-13-16-19-21-23-25-27-29-31-33-35-37-40-43-46-49-52-58(61)64-55-56(54-63-57(60)51-48-45-42-39-18-15-12-9-6-3)65-59(62)53-50-47-44-41-38-36-34-32-30-28-26-24-22-20-17-14-11-8-5-2/h7-8,10-11,16-17,19-20,23-26,56H,4-6,9,12-15,18,21-22,27-55H2,1-3H3/b10-7-,11-8-,19-16-,20-17-,25-23-,26-24-. The maximum Gasteiger partial charge on any atom is 0.306 e. The molecule has 374 valence electrons. The second-order valence-corrected chi connectivity index (χ2v) is 18.1. The number of rotatable bonds is 49. The molecule has 0 amide bonds. The third kappa shape index (κ3) is 51.7. The molecule has 0 N–H and O–H groups in total. The minimum atomic E-state index is -0.778. The first-order chi connectivity index (χ1) is 32.0. The summed E-state index contributed by atoms with van der Waals surface area (Å²) in [6.07, 6.45) is 67.5. The second kappa shape index (κ2) is 53.5. The Bertz CT molecular complexity index is 1230. The van der Waals surface area contributed by atoms with E-state index in [-0.39, 0.29) is 31.1 Å². The topological polar surface area (TPSA) is 78.9 Å². The quantitative estimate of drug-likeness (QED) is 0.0262. The molecule has 0 fully saturated rings. The lowest BCUT2D eigenvalue weighted by Crippen LogP contribution is -2.30. The molecule has 1 atom stereocenters. The third-order valence-electron chi connectivity index (χ3n) is 11.7. The van der Waals surface area contributed by atoms with Gasteiger partial charge in [0, 0.05) is 19.3 Å². The molecule has 0 aliphatic carbocycles. The summed E-state index contributed by atoms with van der Waals surface area (Å²) in [4.78, 5) is 38.0. The lowest BCUT2D eigenvalue weighted by molar-refractivity contribution is -0.167. The SMILES string of the molecule is CC/C=C\C/C=C\C/C=C\CCCCCCCCCCCC(=O)OCC(COC(=O)CCCCCCCCCCC)OC(=O)CCCCCCCCCCC/C=C\C/C=C\C/C=C\CC. The minimum absolute atomic E-state index is 0.0775. The van der Waals surface area contributed by atoms with Gasteiger partial charge in [0.15, 0.2) is 6.10 Å². The first-order valence-corrected chi connectivity index (χ1v) is 27.4. The fraction of sp³-hybridized carbons (Fsp3) is 0.746. The summed E-state index contributed by atoms with van der Waals surface area (Å²) >= 11 is 0. The molecule has 0 spiro atoms. The van der Waals surface area contributed by atoms with E-state index in [2.05, 4.69) is 93.7 Å². The smallest absolute Gasteiger partial charge is 0.306 e. The van der Waals surface area contributed by atoms with E-state index in [0.717, 1.165) is 96.3 Å². The number of carbonyl (C=O) groups excluding carboxylic acids is 3. The van der Waals surface area contributed by atoms with Crippen LogP contribution in [-0.4, -0.2) is 37.2 Å². The molecular weight excluding hydrogens is 805 g/mol.